The first-order valence-corrected chi connectivity index (χ1v) is 8.27. The average Bonchev–Trinajstić information content (AvgIpc) is 3.10. The molecule has 0 radical (unpaired) electrons. The van der Waals surface area contributed by atoms with Crippen molar-refractivity contribution in [2.45, 2.75) is 31.2 Å². The van der Waals surface area contributed by atoms with Gasteiger partial charge in [-0.2, -0.15) is 0 Å². The van der Waals surface area contributed by atoms with E-state index in [1.165, 1.54) is 0 Å². The fraction of sp³-hybridized carbons (Fsp3) is 0.562. The van der Waals surface area contributed by atoms with Gasteiger partial charge in [0.15, 0.2) is 0 Å². The van der Waals surface area contributed by atoms with Gasteiger partial charge in [0.2, 0.25) is 5.91 Å². The molecule has 3 atom stereocenters. The van der Waals surface area contributed by atoms with Gasteiger partial charge >= 0.3 is 0 Å². The Morgan fingerprint density at radius 1 is 1.32 bits per heavy atom. The third kappa shape index (κ3) is 3.70. The predicted octanol–water partition coefficient (Wildman–Crippen LogP) is 3.73. The molecule has 6 heteroatoms. The van der Waals surface area contributed by atoms with Crippen molar-refractivity contribution in [2.24, 2.45) is 5.92 Å². The first kappa shape index (κ1) is 17.9. The normalized spacial score (nSPS) is 26.7. The van der Waals surface area contributed by atoms with Gasteiger partial charge in [-0.25, -0.2) is 0 Å². The highest BCUT2D eigenvalue weighted by Gasteiger charge is 2.47. The lowest BCUT2D eigenvalue weighted by molar-refractivity contribution is -0.133. The van der Waals surface area contributed by atoms with Crippen molar-refractivity contribution < 1.29 is 4.79 Å². The molecule has 3 rings (SSSR count). The van der Waals surface area contributed by atoms with Crippen molar-refractivity contribution in [1.29, 1.82) is 0 Å². The minimum absolute atomic E-state index is 0. The Kier molecular flexibility index (Phi) is 6.00. The van der Waals surface area contributed by atoms with Gasteiger partial charge in [0.1, 0.15) is 0 Å². The molecule has 0 aromatic heterocycles. The molecule has 2 aliphatic rings. The second kappa shape index (κ2) is 7.39. The quantitative estimate of drug-likeness (QED) is 0.884. The molecule has 1 aromatic rings. The fourth-order valence-corrected chi connectivity index (χ4v) is 3.96. The number of nitrogens with one attached hydrogen (secondary N) is 1. The molecule has 1 aliphatic carbocycles. The molecule has 22 heavy (non-hydrogen) atoms. The minimum atomic E-state index is 0. The lowest BCUT2D eigenvalue weighted by atomic mass is 10.1. The summed E-state index contributed by atoms with van der Waals surface area (Å²) in [7, 11) is 1.94. The van der Waals surface area contributed by atoms with E-state index in [9.17, 15) is 4.79 Å². The van der Waals surface area contributed by atoms with E-state index >= 15 is 0 Å². The third-order valence-corrected chi connectivity index (χ3v) is 4.96. The van der Waals surface area contributed by atoms with Crippen LogP contribution in [0.15, 0.2) is 18.2 Å². The van der Waals surface area contributed by atoms with E-state index in [-0.39, 0.29) is 24.2 Å². The molecular formula is C16H21Cl3N2O. The van der Waals surface area contributed by atoms with E-state index < -0.39 is 0 Å². The van der Waals surface area contributed by atoms with Crippen molar-refractivity contribution in [3.05, 3.63) is 33.8 Å². The van der Waals surface area contributed by atoms with Gasteiger partial charge in [0.25, 0.3) is 0 Å². The summed E-state index contributed by atoms with van der Waals surface area (Å²) in [5.74, 6) is 0.690. The molecule has 0 spiro atoms. The molecule has 1 saturated carbocycles. The summed E-state index contributed by atoms with van der Waals surface area (Å²) in [6, 6.07) is 5.95. The zero-order valence-electron chi connectivity index (χ0n) is 12.5. The maximum atomic E-state index is 12.7. The molecule has 1 heterocycles. The molecule has 1 saturated heterocycles. The lowest BCUT2D eigenvalue weighted by Gasteiger charge is -2.24. The van der Waals surface area contributed by atoms with Crippen LogP contribution in [0, 0.1) is 5.92 Å². The molecule has 1 aliphatic heterocycles. The Labute approximate surface area is 147 Å². The van der Waals surface area contributed by atoms with Gasteiger partial charge in [-0.3, -0.25) is 4.79 Å². The molecule has 3 nitrogen and oxygen atoms in total. The molecule has 3 unspecified atom stereocenters. The van der Waals surface area contributed by atoms with Crippen LogP contribution in [0.4, 0.5) is 0 Å². The highest BCUT2D eigenvalue weighted by Crippen LogP contribution is 2.50. The first-order valence-electron chi connectivity index (χ1n) is 7.51. The lowest BCUT2D eigenvalue weighted by Crippen LogP contribution is -2.41. The van der Waals surface area contributed by atoms with Crippen LogP contribution in [-0.4, -0.2) is 37.0 Å². The van der Waals surface area contributed by atoms with Crippen molar-refractivity contribution in [3.8, 4) is 0 Å². The SMILES string of the molecule is CNCC1CCCN1C(=O)C1CC1c1cc(Cl)cc(Cl)c1.Cl. The number of hydrogen-bond donors (Lipinski definition) is 1. The molecular weight excluding hydrogens is 343 g/mol. The number of carbonyl (C=O) groups is 1. The Morgan fingerprint density at radius 2 is 2.00 bits per heavy atom. The summed E-state index contributed by atoms with van der Waals surface area (Å²) >= 11 is 12.1. The van der Waals surface area contributed by atoms with Gasteiger partial charge in [-0.05, 0) is 56.0 Å². The fourth-order valence-electron chi connectivity index (χ4n) is 3.41. The topological polar surface area (TPSA) is 32.3 Å². The molecule has 1 amide bonds. The van der Waals surface area contributed by atoms with E-state index in [1.807, 2.05) is 19.2 Å². The Hall–Kier alpha value is -0.480. The van der Waals surface area contributed by atoms with Gasteiger partial charge < -0.3 is 10.2 Å². The Balaban J connectivity index is 0.00000176. The van der Waals surface area contributed by atoms with Crippen LogP contribution in [-0.2, 0) is 4.79 Å². The number of amides is 1. The number of hydrogen-bond acceptors (Lipinski definition) is 2. The predicted molar refractivity (Wildman–Crippen MR) is 93.2 cm³/mol. The second-order valence-electron chi connectivity index (χ2n) is 6.04. The monoisotopic (exact) mass is 362 g/mol. The average molecular weight is 364 g/mol. The zero-order chi connectivity index (χ0) is 15.0. The van der Waals surface area contributed by atoms with E-state index in [1.54, 1.807) is 6.07 Å². The smallest absolute Gasteiger partial charge is 0.226 e. The van der Waals surface area contributed by atoms with Gasteiger partial charge in [0.05, 0.1) is 0 Å². The van der Waals surface area contributed by atoms with Crippen LogP contribution in [0.3, 0.4) is 0 Å². The number of rotatable bonds is 4. The molecule has 122 valence electrons. The third-order valence-electron chi connectivity index (χ3n) is 4.52. The molecule has 2 fully saturated rings. The van der Waals surface area contributed by atoms with E-state index in [0.717, 1.165) is 37.9 Å². The standard InChI is InChI=1S/C16H20Cl2N2O.ClH/c1-19-9-13-3-2-4-20(13)16(21)15-8-14(15)10-5-11(17)7-12(18)6-10;/h5-7,13-15,19H,2-4,8-9H2,1H3;1H. The van der Waals surface area contributed by atoms with Crippen molar-refractivity contribution in [1.82, 2.24) is 10.2 Å². The summed E-state index contributed by atoms with van der Waals surface area (Å²) in [4.78, 5) is 14.7. The van der Waals surface area contributed by atoms with Crippen LogP contribution in [0.25, 0.3) is 0 Å². The highest BCUT2D eigenvalue weighted by molar-refractivity contribution is 6.34. The van der Waals surface area contributed by atoms with Crippen LogP contribution >= 0.6 is 35.6 Å². The van der Waals surface area contributed by atoms with Crippen LogP contribution in [0.5, 0.6) is 0 Å². The van der Waals surface area contributed by atoms with Crippen LogP contribution in [0.1, 0.15) is 30.7 Å². The van der Waals surface area contributed by atoms with E-state index in [2.05, 4.69) is 10.2 Å². The Morgan fingerprint density at radius 3 is 2.64 bits per heavy atom. The summed E-state index contributed by atoms with van der Waals surface area (Å²) in [5.41, 5.74) is 1.09. The van der Waals surface area contributed by atoms with Gasteiger partial charge in [-0.1, -0.05) is 23.2 Å². The van der Waals surface area contributed by atoms with Crippen LogP contribution in [0.2, 0.25) is 10.0 Å². The van der Waals surface area contributed by atoms with Crippen molar-refractivity contribution in [3.63, 3.8) is 0 Å². The Bertz CT molecular complexity index is 532. The van der Waals surface area contributed by atoms with Crippen molar-refractivity contribution in [2.75, 3.05) is 20.1 Å². The van der Waals surface area contributed by atoms with Gasteiger partial charge in [0, 0.05) is 35.1 Å². The van der Waals surface area contributed by atoms with Gasteiger partial charge in [-0.15, -0.1) is 12.4 Å². The molecule has 1 aromatic carbocycles. The first-order chi connectivity index (χ1) is 10.1. The summed E-state index contributed by atoms with van der Waals surface area (Å²) in [5, 5.41) is 4.47. The zero-order valence-corrected chi connectivity index (χ0v) is 14.8. The van der Waals surface area contributed by atoms with E-state index in [4.69, 9.17) is 23.2 Å². The van der Waals surface area contributed by atoms with Crippen LogP contribution < -0.4 is 5.32 Å². The molecule has 0 bridgehead atoms. The summed E-state index contributed by atoms with van der Waals surface area (Å²) in [6.07, 6.45) is 3.13. The minimum Gasteiger partial charge on any atom is -0.338 e. The van der Waals surface area contributed by atoms with Crippen molar-refractivity contribution >= 4 is 41.5 Å². The highest BCUT2D eigenvalue weighted by atomic mass is 35.5. The maximum absolute atomic E-state index is 12.7. The summed E-state index contributed by atoms with van der Waals surface area (Å²) in [6.45, 7) is 1.77. The summed E-state index contributed by atoms with van der Waals surface area (Å²) < 4.78 is 0. The number of carbonyl (C=O) groups excluding carboxylic acids is 1. The number of benzene rings is 1. The maximum Gasteiger partial charge on any atom is 0.226 e. The van der Waals surface area contributed by atoms with E-state index in [0.29, 0.717) is 22.0 Å². The largest absolute Gasteiger partial charge is 0.338 e. The second-order valence-corrected chi connectivity index (χ2v) is 6.91. The number of halogens is 3. The number of likely N-dealkylation sites (N-methyl/N-ethyl adjacent to an activating group) is 1. The molecule has 1 N–H and O–H groups in total. The number of nitrogens with zero attached hydrogens (tertiary/aromatic N) is 1. The number of likely N-dealkylation sites (tertiary alicyclic amines) is 1.